The third kappa shape index (κ3) is 1.69. The highest BCUT2D eigenvalue weighted by Gasteiger charge is 2.10. The Morgan fingerprint density at radius 3 is 3.00 bits per heavy atom. The first-order valence-corrected chi connectivity index (χ1v) is 5.63. The van der Waals surface area contributed by atoms with E-state index in [0.717, 1.165) is 0 Å². The second kappa shape index (κ2) is 4.10. The van der Waals surface area contributed by atoms with Crippen LogP contribution in [-0.4, -0.2) is 24.3 Å². The molecule has 0 N–H and O–H groups in total. The highest BCUT2D eigenvalue weighted by molar-refractivity contribution is 5.35. The van der Waals surface area contributed by atoms with Gasteiger partial charge in [0.15, 0.2) is 11.5 Å². The molecule has 0 saturated carbocycles. The molecular formula is C11H11N5O2. The fraction of sp³-hybridized carbons (Fsp3) is 0.273. The van der Waals surface area contributed by atoms with Gasteiger partial charge in [0.05, 0.1) is 0 Å². The van der Waals surface area contributed by atoms with E-state index in [9.17, 15) is 4.79 Å². The van der Waals surface area contributed by atoms with E-state index in [0.29, 0.717) is 23.8 Å². The molecule has 0 bridgehead atoms. The van der Waals surface area contributed by atoms with E-state index in [1.54, 1.807) is 18.3 Å². The smallest absolute Gasteiger partial charge is 0.337 e. The molecule has 3 rings (SSSR count). The van der Waals surface area contributed by atoms with E-state index in [1.807, 2.05) is 13.0 Å². The number of rotatable bonds is 3. The van der Waals surface area contributed by atoms with E-state index >= 15 is 0 Å². The number of aryl methyl sites for hydroxylation is 1. The molecule has 0 aliphatic rings. The molecule has 0 saturated heterocycles. The summed E-state index contributed by atoms with van der Waals surface area (Å²) in [6, 6.07) is 5.37. The fourth-order valence-corrected chi connectivity index (χ4v) is 1.70. The van der Waals surface area contributed by atoms with Crippen LogP contribution in [0.3, 0.4) is 0 Å². The molecule has 7 nitrogen and oxygen atoms in total. The molecule has 0 aliphatic heterocycles. The molecule has 92 valence electrons. The Balaban J connectivity index is 1.99. The minimum absolute atomic E-state index is 0.188. The maximum atomic E-state index is 12.0. The third-order valence-electron chi connectivity index (χ3n) is 2.60. The lowest BCUT2D eigenvalue weighted by Crippen LogP contribution is -2.21. The molecule has 18 heavy (non-hydrogen) atoms. The van der Waals surface area contributed by atoms with Crippen molar-refractivity contribution in [2.45, 2.75) is 19.9 Å². The first-order valence-electron chi connectivity index (χ1n) is 5.63. The van der Waals surface area contributed by atoms with Crippen molar-refractivity contribution >= 4 is 5.65 Å². The molecular weight excluding hydrogens is 234 g/mol. The summed E-state index contributed by atoms with van der Waals surface area (Å²) in [5, 5.41) is 7.96. The van der Waals surface area contributed by atoms with Crippen molar-refractivity contribution in [3.63, 3.8) is 0 Å². The summed E-state index contributed by atoms with van der Waals surface area (Å²) in [7, 11) is 0. The first-order chi connectivity index (χ1) is 8.78. The monoisotopic (exact) mass is 245 g/mol. The van der Waals surface area contributed by atoms with E-state index in [2.05, 4.69) is 15.2 Å². The molecule has 0 radical (unpaired) electrons. The maximum absolute atomic E-state index is 12.0. The van der Waals surface area contributed by atoms with Crippen molar-refractivity contribution in [1.29, 1.82) is 0 Å². The lowest BCUT2D eigenvalue weighted by atomic mass is 10.5. The van der Waals surface area contributed by atoms with Crippen LogP contribution in [0.15, 0.2) is 33.7 Å². The summed E-state index contributed by atoms with van der Waals surface area (Å²) >= 11 is 0. The zero-order chi connectivity index (χ0) is 12.5. The van der Waals surface area contributed by atoms with Crippen LogP contribution in [0.2, 0.25) is 0 Å². The molecule has 3 heterocycles. The molecule has 0 unspecified atom stereocenters. The van der Waals surface area contributed by atoms with Gasteiger partial charge in [0, 0.05) is 12.6 Å². The van der Waals surface area contributed by atoms with Gasteiger partial charge in [-0.2, -0.15) is 4.98 Å². The fourth-order valence-electron chi connectivity index (χ4n) is 1.70. The Morgan fingerprint density at radius 2 is 2.28 bits per heavy atom. The quantitative estimate of drug-likeness (QED) is 0.671. The second-order valence-electron chi connectivity index (χ2n) is 3.83. The number of hydrogen-bond acceptors (Lipinski definition) is 5. The van der Waals surface area contributed by atoms with Crippen molar-refractivity contribution in [1.82, 2.24) is 24.3 Å². The molecule has 3 aromatic rings. The number of fused-ring (bicyclic) bond motifs is 1. The van der Waals surface area contributed by atoms with Crippen LogP contribution < -0.4 is 5.69 Å². The molecule has 0 aromatic carbocycles. The van der Waals surface area contributed by atoms with E-state index in [-0.39, 0.29) is 12.2 Å². The van der Waals surface area contributed by atoms with Gasteiger partial charge < -0.3 is 4.52 Å². The topological polar surface area (TPSA) is 78.2 Å². The van der Waals surface area contributed by atoms with Gasteiger partial charge in [-0.3, -0.25) is 4.40 Å². The molecule has 0 aliphatic carbocycles. The predicted molar refractivity (Wildman–Crippen MR) is 62.2 cm³/mol. The number of hydrogen-bond donors (Lipinski definition) is 0. The first kappa shape index (κ1) is 10.7. The van der Waals surface area contributed by atoms with Crippen LogP contribution in [0.25, 0.3) is 5.65 Å². The molecule has 0 atom stereocenters. The summed E-state index contributed by atoms with van der Waals surface area (Å²) in [6.45, 7) is 2.12. The van der Waals surface area contributed by atoms with Crippen molar-refractivity contribution in [2.75, 3.05) is 0 Å². The van der Waals surface area contributed by atoms with Crippen molar-refractivity contribution in [2.24, 2.45) is 0 Å². The lowest BCUT2D eigenvalue weighted by Gasteiger charge is -1.91. The zero-order valence-electron chi connectivity index (χ0n) is 9.78. The average Bonchev–Trinajstić information content (AvgIpc) is 2.97. The third-order valence-corrected chi connectivity index (χ3v) is 2.60. The van der Waals surface area contributed by atoms with Gasteiger partial charge in [-0.1, -0.05) is 18.1 Å². The van der Waals surface area contributed by atoms with Crippen LogP contribution in [0.1, 0.15) is 18.6 Å². The second-order valence-corrected chi connectivity index (χ2v) is 3.83. The summed E-state index contributed by atoms with van der Waals surface area (Å²) in [6.07, 6.45) is 2.37. The molecule has 0 fully saturated rings. The Labute approximate surface area is 102 Å². The van der Waals surface area contributed by atoms with Crippen LogP contribution >= 0.6 is 0 Å². The van der Waals surface area contributed by atoms with Gasteiger partial charge in [0.25, 0.3) is 0 Å². The maximum Gasteiger partial charge on any atom is 0.350 e. The van der Waals surface area contributed by atoms with E-state index in [1.165, 1.54) is 9.08 Å². The van der Waals surface area contributed by atoms with E-state index in [4.69, 9.17) is 4.52 Å². The van der Waals surface area contributed by atoms with Crippen LogP contribution in [0, 0.1) is 0 Å². The lowest BCUT2D eigenvalue weighted by molar-refractivity contribution is 0.360. The van der Waals surface area contributed by atoms with Gasteiger partial charge in [0.2, 0.25) is 5.89 Å². The molecule has 0 amide bonds. The SMILES string of the molecule is CCc1noc(Cn2nc3ccccn3c2=O)n1. The molecule has 3 aromatic heterocycles. The highest BCUT2D eigenvalue weighted by Crippen LogP contribution is 2.01. The standard InChI is InChI=1S/C11H11N5O2/c1-2-8-12-10(18-14-8)7-16-11(17)15-6-4-3-5-9(15)13-16/h3-6H,2,7H2,1H3. The Bertz CT molecular complexity index is 739. The van der Waals surface area contributed by atoms with Gasteiger partial charge in [0.1, 0.15) is 6.54 Å². The van der Waals surface area contributed by atoms with Gasteiger partial charge in [-0.15, -0.1) is 5.10 Å². The minimum Gasteiger partial charge on any atom is -0.337 e. The van der Waals surface area contributed by atoms with Gasteiger partial charge in [-0.25, -0.2) is 9.48 Å². The van der Waals surface area contributed by atoms with Crippen LogP contribution in [0.4, 0.5) is 0 Å². The van der Waals surface area contributed by atoms with Crippen LogP contribution in [-0.2, 0) is 13.0 Å². The summed E-state index contributed by atoms with van der Waals surface area (Å²) < 4.78 is 7.82. The predicted octanol–water partition coefficient (Wildman–Crippen LogP) is 0.490. The largest absolute Gasteiger partial charge is 0.350 e. The number of pyridine rings is 1. The van der Waals surface area contributed by atoms with Crippen molar-refractivity contribution in [3.05, 3.63) is 46.6 Å². The molecule has 7 heteroatoms. The summed E-state index contributed by atoms with van der Waals surface area (Å²) in [5.41, 5.74) is 0.375. The summed E-state index contributed by atoms with van der Waals surface area (Å²) in [5.74, 6) is 1.01. The normalized spacial score (nSPS) is 11.2. The number of nitrogens with zero attached hydrogens (tertiary/aromatic N) is 5. The zero-order valence-corrected chi connectivity index (χ0v) is 9.78. The Hall–Kier alpha value is -2.44. The van der Waals surface area contributed by atoms with Gasteiger partial charge in [-0.05, 0) is 12.1 Å². The van der Waals surface area contributed by atoms with E-state index < -0.39 is 0 Å². The minimum atomic E-state index is -0.221. The summed E-state index contributed by atoms with van der Waals surface area (Å²) in [4.78, 5) is 16.1. The number of aromatic nitrogens is 5. The van der Waals surface area contributed by atoms with Crippen LogP contribution in [0.5, 0.6) is 0 Å². The average molecular weight is 245 g/mol. The Morgan fingerprint density at radius 1 is 1.39 bits per heavy atom. The van der Waals surface area contributed by atoms with Crippen molar-refractivity contribution < 1.29 is 4.52 Å². The van der Waals surface area contributed by atoms with Gasteiger partial charge >= 0.3 is 5.69 Å². The Kier molecular flexibility index (Phi) is 2.44. The molecule has 0 spiro atoms. The highest BCUT2D eigenvalue weighted by atomic mass is 16.5. The van der Waals surface area contributed by atoms with Crippen molar-refractivity contribution in [3.8, 4) is 0 Å².